The van der Waals surface area contributed by atoms with Crippen LogP contribution in [0.5, 0.6) is 23.0 Å². The summed E-state index contributed by atoms with van der Waals surface area (Å²) in [6.07, 6.45) is 0. The topological polar surface area (TPSA) is 97.8 Å². The minimum absolute atomic E-state index is 0.0393. The predicted octanol–water partition coefficient (Wildman–Crippen LogP) is 4.95. The van der Waals surface area contributed by atoms with Crippen molar-refractivity contribution in [2.75, 3.05) is 50.3 Å². The fourth-order valence-electron chi connectivity index (χ4n) is 4.93. The molecule has 1 atom stereocenters. The third-order valence-corrected chi connectivity index (χ3v) is 6.79. The van der Waals surface area contributed by atoms with Crippen LogP contribution in [0.2, 0.25) is 0 Å². The van der Waals surface area contributed by atoms with Gasteiger partial charge in [-0.25, -0.2) is 0 Å². The van der Waals surface area contributed by atoms with Gasteiger partial charge in [0.2, 0.25) is 0 Å². The molecule has 208 valence electrons. The molecule has 9 nitrogen and oxygen atoms in total. The van der Waals surface area contributed by atoms with Crippen molar-refractivity contribution in [2.45, 2.75) is 19.9 Å². The van der Waals surface area contributed by atoms with E-state index < -0.39 is 17.7 Å². The van der Waals surface area contributed by atoms with Crippen molar-refractivity contribution in [3.63, 3.8) is 0 Å². The van der Waals surface area contributed by atoms with E-state index in [4.69, 9.17) is 18.9 Å². The first-order valence-corrected chi connectivity index (χ1v) is 13.2. The van der Waals surface area contributed by atoms with Gasteiger partial charge >= 0.3 is 0 Å². The van der Waals surface area contributed by atoms with Crippen LogP contribution in [-0.4, -0.2) is 57.3 Å². The van der Waals surface area contributed by atoms with E-state index in [1.165, 1.54) is 4.90 Å². The molecule has 9 heteroatoms. The molecule has 0 spiro atoms. The van der Waals surface area contributed by atoms with Crippen LogP contribution < -0.4 is 28.7 Å². The number of aliphatic hydroxyl groups is 1. The van der Waals surface area contributed by atoms with Crippen LogP contribution >= 0.6 is 0 Å². The third-order valence-electron chi connectivity index (χ3n) is 6.79. The first-order chi connectivity index (χ1) is 19.3. The Kier molecular flexibility index (Phi) is 7.55. The Labute approximate surface area is 233 Å². The quantitative estimate of drug-likeness (QED) is 0.242. The molecule has 3 aromatic rings. The second-order valence-corrected chi connectivity index (χ2v) is 9.51. The van der Waals surface area contributed by atoms with Crippen molar-refractivity contribution < 1.29 is 33.6 Å². The highest BCUT2D eigenvalue weighted by Crippen LogP contribution is 2.45. The number of fused-ring (bicyclic) bond motifs is 1. The molecule has 5 rings (SSSR count). The zero-order chi connectivity index (χ0) is 28.4. The molecule has 1 N–H and O–H groups in total. The van der Waals surface area contributed by atoms with Crippen molar-refractivity contribution >= 4 is 28.8 Å². The summed E-state index contributed by atoms with van der Waals surface area (Å²) in [6.45, 7) is 5.29. The Morgan fingerprint density at radius 3 is 2.30 bits per heavy atom. The number of hydrogen-bond acceptors (Lipinski definition) is 8. The number of rotatable bonds is 8. The van der Waals surface area contributed by atoms with Gasteiger partial charge in [0.15, 0.2) is 11.5 Å². The van der Waals surface area contributed by atoms with Gasteiger partial charge in [0.05, 0.1) is 30.4 Å². The summed E-state index contributed by atoms with van der Waals surface area (Å²) in [5.74, 6) is 0.0701. The third kappa shape index (κ3) is 4.90. The van der Waals surface area contributed by atoms with Gasteiger partial charge in [-0.15, -0.1) is 0 Å². The van der Waals surface area contributed by atoms with E-state index in [1.807, 2.05) is 57.1 Å². The van der Waals surface area contributed by atoms with Gasteiger partial charge in [0.25, 0.3) is 11.7 Å². The monoisotopic (exact) mass is 544 g/mol. The minimum atomic E-state index is -0.903. The van der Waals surface area contributed by atoms with Crippen molar-refractivity contribution in [1.82, 2.24) is 0 Å². The van der Waals surface area contributed by atoms with Crippen molar-refractivity contribution in [3.05, 3.63) is 77.4 Å². The lowest BCUT2D eigenvalue weighted by molar-refractivity contribution is -0.132. The van der Waals surface area contributed by atoms with Gasteiger partial charge < -0.3 is 29.0 Å². The normalized spacial score (nSPS) is 17.6. The number of carbonyl (C=O) groups excluding carboxylic acids is 2. The molecule has 1 amide bonds. The van der Waals surface area contributed by atoms with Gasteiger partial charge in [-0.2, -0.15) is 0 Å². The summed E-state index contributed by atoms with van der Waals surface area (Å²) in [7, 11) is 3.86. The SMILES string of the molecule is CCOc1ccc(/C(O)=C2\C(=O)C(=O)N(c3ccc4c(c3)OCCO4)C2c2ccc(N(C)C)cc2)c(OCC)c1. The summed E-state index contributed by atoms with van der Waals surface area (Å²) < 4.78 is 22.8. The predicted molar refractivity (Wildman–Crippen MR) is 152 cm³/mol. The highest BCUT2D eigenvalue weighted by atomic mass is 16.6. The number of ether oxygens (including phenoxy) is 4. The lowest BCUT2D eigenvalue weighted by Gasteiger charge is -2.27. The average Bonchev–Trinajstić information content (AvgIpc) is 3.23. The second-order valence-electron chi connectivity index (χ2n) is 9.51. The Morgan fingerprint density at radius 2 is 1.62 bits per heavy atom. The molecular weight excluding hydrogens is 512 g/mol. The Hall–Kier alpha value is -4.66. The van der Waals surface area contributed by atoms with Gasteiger partial charge in [0, 0.05) is 37.6 Å². The maximum Gasteiger partial charge on any atom is 0.300 e. The number of anilines is 2. The molecule has 2 heterocycles. The van der Waals surface area contributed by atoms with Crippen LogP contribution in [-0.2, 0) is 9.59 Å². The molecule has 2 aliphatic rings. The highest BCUT2D eigenvalue weighted by molar-refractivity contribution is 6.51. The molecule has 2 aliphatic heterocycles. The summed E-state index contributed by atoms with van der Waals surface area (Å²) in [5, 5.41) is 11.7. The van der Waals surface area contributed by atoms with Crippen LogP contribution in [0.4, 0.5) is 11.4 Å². The van der Waals surface area contributed by atoms with E-state index in [0.29, 0.717) is 66.2 Å². The van der Waals surface area contributed by atoms with E-state index in [9.17, 15) is 14.7 Å². The van der Waals surface area contributed by atoms with Crippen LogP contribution in [0.15, 0.2) is 66.2 Å². The zero-order valence-corrected chi connectivity index (χ0v) is 23.0. The first-order valence-electron chi connectivity index (χ1n) is 13.2. The summed E-state index contributed by atoms with van der Waals surface area (Å²) >= 11 is 0. The molecule has 0 saturated carbocycles. The van der Waals surface area contributed by atoms with Gasteiger partial charge in [-0.05, 0) is 55.8 Å². The fourth-order valence-corrected chi connectivity index (χ4v) is 4.93. The molecule has 1 saturated heterocycles. The summed E-state index contributed by atoms with van der Waals surface area (Å²) in [6, 6.07) is 16.7. The summed E-state index contributed by atoms with van der Waals surface area (Å²) in [5.41, 5.74) is 2.31. The molecule has 0 radical (unpaired) electrons. The van der Waals surface area contributed by atoms with Crippen LogP contribution in [0, 0.1) is 0 Å². The van der Waals surface area contributed by atoms with Crippen LogP contribution in [0.3, 0.4) is 0 Å². The number of carbonyl (C=O) groups is 2. The molecule has 0 aromatic heterocycles. The zero-order valence-electron chi connectivity index (χ0n) is 23.0. The molecular formula is C31H32N2O7. The number of ketones is 1. The van der Waals surface area contributed by atoms with E-state index in [1.54, 1.807) is 36.4 Å². The Balaban J connectivity index is 1.69. The number of nitrogens with zero attached hydrogens (tertiary/aromatic N) is 2. The van der Waals surface area contributed by atoms with E-state index >= 15 is 0 Å². The van der Waals surface area contributed by atoms with E-state index in [-0.39, 0.29) is 11.3 Å². The number of amides is 1. The number of hydrogen-bond donors (Lipinski definition) is 1. The minimum Gasteiger partial charge on any atom is -0.507 e. The Bertz CT molecular complexity index is 1460. The maximum atomic E-state index is 13.7. The molecule has 40 heavy (non-hydrogen) atoms. The van der Waals surface area contributed by atoms with E-state index in [2.05, 4.69) is 0 Å². The Morgan fingerprint density at radius 1 is 0.925 bits per heavy atom. The number of benzene rings is 3. The average molecular weight is 545 g/mol. The summed E-state index contributed by atoms with van der Waals surface area (Å²) in [4.78, 5) is 30.6. The maximum absolute atomic E-state index is 13.7. The first kappa shape index (κ1) is 26.9. The van der Waals surface area contributed by atoms with Crippen molar-refractivity contribution in [1.29, 1.82) is 0 Å². The number of aliphatic hydroxyl groups excluding tert-OH is 1. The second kappa shape index (κ2) is 11.2. The van der Waals surface area contributed by atoms with Crippen molar-refractivity contribution in [2.24, 2.45) is 0 Å². The smallest absolute Gasteiger partial charge is 0.300 e. The van der Waals surface area contributed by atoms with Gasteiger partial charge in [-0.1, -0.05) is 12.1 Å². The van der Waals surface area contributed by atoms with Gasteiger partial charge in [0.1, 0.15) is 30.5 Å². The van der Waals surface area contributed by atoms with Crippen LogP contribution in [0.1, 0.15) is 31.0 Å². The fraction of sp³-hybridized carbons (Fsp3) is 0.290. The standard InChI is InChI=1S/C31H32N2O7/c1-5-37-22-12-13-23(25(18-22)38-6-2)29(34)27-28(19-7-9-20(10-8-19)32(3)4)33(31(36)30(27)35)21-11-14-24-26(17-21)40-16-15-39-24/h7-14,17-18,28,34H,5-6,15-16H2,1-4H3/b29-27+. The molecule has 3 aromatic carbocycles. The van der Waals surface area contributed by atoms with Gasteiger partial charge in [-0.3, -0.25) is 14.5 Å². The molecule has 0 bridgehead atoms. The van der Waals surface area contributed by atoms with E-state index in [0.717, 1.165) is 5.69 Å². The molecule has 1 unspecified atom stereocenters. The molecule has 0 aliphatic carbocycles. The van der Waals surface area contributed by atoms with Crippen LogP contribution in [0.25, 0.3) is 5.76 Å². The lowest BCUT2D eigenvalue weighted by atomic mass is 9.94. The lowest BCUT2D eigenvalue weighted by Crippen LogP contribution is -2.29. The largest absolute Gasteiger partial charge is 0.507 e. The molecule has 1 fully saturated rings. The van der Waals surface area contributed by atoms with Crippen molar-refractivity contribution in [3.8, 4) is 23.0 Å². The highest BCUT2D eigenvalue weighted by Gasteiger charge is 2.47. The number of Topliss-reactive ketones (excluding diaryl/α,β-unsaturated/α-hetero) is 1.